The van der Waals surface area contributed by atoms with Crippen molar-refractivity contribution in [3.05, 3.63) is 0 Å². The highest BCUT2D eigenvalue weighted by Gasteiger charge is 2.48. The summed E-state index contributed by atoms with van der Waals surface area (Å²) in [7, 11) is 0. The van der Waals surface area contributed by atoms with Crippen LogP contribution in [0.15, 0.2) is 0 Å². The highest BCUT2D eigenvalue weighted by Crippen LogP contribution is 2.32. The van der Waals surface area contributed by atoms with Crippen molar-refractivity contribution in [3.63, 3.8) is 0 Å². The minimum absolute atomic E-state index is 0.702. The first-order valence-corrected chi connectivity index (χ1v) is 4.81. The molecular formula is C9H11F2N3O3. The molecule has 0 aromatic rings. The van der Waals surface area contributed by atoms with Crippen LogP contribution in [0.1, 0.15) is 13.3 Å². The van der Waals surface area contributed by atoms with Crippen LogP contribution in [0.5, 0.6) is 0 Å². The van der Waals surface area contributed by atoms with Gasteiger partial charge in [0, 0.05) is 6.42 Å². The number of rotatable bonds is 2. The summed E-state index contributed by atoms with van der Waals surface area (Å²) in [4.78, 5) is 22.8. The van der Waals surface area contributed by atoms with Gasteiger partial charge in [-0.25, -0.2) is 13.6 Å². The number of halogens is 2. The standard InChI is InChI=1S/C9H11F2N3O3/c1-5(17-8(13)16)7(15)14-4-9(10,11)2-6(14)3-12/h5-6H,2,4H2,1H3,(H2,13,16)/t5?,6-/m0/s1. The predicted octanol–water partition coefficient (Wildman–Crippen LogP) is 0.230. The SMILES string of the molecule is CC(OC(N)=O)C(=O)N1CC(F)(F)C[C@H]1C#N. The number of nitrogens with zero attached hydrogens (tertiary/aromatic N) is 2. The lowest BCUT2D eigenvalue weighted by Gasteiger charge is -2.22. The van der Waals surface area contributed by atoms with Gasteiger partial charge in [-0.3, -0.25) is 4.79 Å². The minimum Gasteiger partial charge on any atom is -0.437 e. The third-order valence-electron chi connectivity index (χ3n) is 2.34. The van der Waals surface area contributed by atoms with E-state index in [1.54, 1.807) is 6.07 Å². The van der Waals surface area contributed by atoms with Crippen LogP contribution in [0.4, 0.5) is 13.6 Å². The van der Waals surface area contributed by atoms with E-state index >= 15 is 0 Å². The molecular weight excluding hydrogens is 236 g/mol. The third-order valence-corrected chi connectivity index (χ3v) is 2.34. The molecule has 1 aliphatic heterocycles. The lowest BCUT2D eigenvalue weighted by molar-refractivity contribution is -0.140. The monoisotopic (exact) mass is 247 g/mol. The molecule has 0 aromatic carbocycles. The molecule has 6 nitrogen and oxygen atoms in total. The van der Waals surface area contributed by atoms with E-state index in [2.05, 4.69) is 4.74 Å². The van der Waals surface area contributed by atoms with Gasteiger partial charge in [-0.05, 0) is 6.92 Å². The summed E-state index contributed by atoms with van der Waals surface area (Å²) in [6.07, 6.45) is -3.17. The number of amides is 2. The Morgan fingerprint density at radius 3 is 2.71 bits per heavy atom. The molecule has 0 radical (unpaired) electrons. The zero-order valence-electron chi connectivity index (χ0n) is 9.02. The van der Waals surface area contributed by atoms with Crippen LogP contribution in [0.3, 0.4) is 0 Å². The minimum atomic E-state index is -3.09. The molecule has 0 saturated carbocycles. The number of hydrogen-bond acceptors (Lipinski definition) is 4. The molecule has 1 unspecified atom stereocenters. The van der Waals surface area contributed by atoms with Crippen molar-refractivity contribution in [2.75, 3.05) is 6.54 Å². The number of hydrogen-bond donors (Lipinski definition) is 1. The second kappa shape index (κ2) is 4.53. The fraction of sp³-hybridized carbons (Fsp3) is 0.667. The summed E-state index contributed by atoms with van der Waals surface area (Å²) < 4.78 is 30.5. The van der Waals surface area contributed by atoms with Crippen LogP contribution < -0.4 is 5.73 Å². The lowest BCUT2D eigenvalue weighted by atomic mass is 10.2. The summed E-state index contributed by atoms with van der Waals surface area (Å²) in [5.41, 5.74) is 4.71. The molecule has 0 aliphatic carbocycles. The number of nitrogens with two attached hydrogens (primary N) is 1. The van der Waals surface area contributed by atoms with Gasteiger partial charge in [0.25, 0.3) is 11.8 Å². The summed E-state index contributed by atoms with van der Waals surface area (Å²) in [5.74, 6) is -3.95. The second-order valence-corrected chi connectivity index (χ2v) is 3.75. The van der Waals surface area contributed by atoms with Crippen molar-refractivity contribution in [3.8, 4) is 6.07 Å². The van der Waals surface area contributed by atoms with E-state index in [9.17, 15) is 18.4 Å². The first kappa shape index (κ1) is 13.2. The Labute approximate surface area is 95.9 Å². The molecule has 1 heterocycles. The van der Waals surface area contributed by atoms with Crippen LogP contribution in [-0.2, 0) is 9.53 Å². The molecule has 0 spiro atoms. The maximum absolute atomic E-state index is 13.0. The van der Waals surface area contributed by atoms with Crippen molar-refractivity contribution < 1.29 is 23.1 Å². The molecule has 1 rings (SSSR count). The van der Waals surface area contributed by atoms with Crippen LogP contribution >= 0.6 is 0 Å². The molecule has 17 heavy (non-hydrogen) atoms. The van der Waals surface area contributed by atoms with E-state index < -0.39 is 43.0 Å². The maximum Gasteiger partial charge on any atom is 0.405 e. The molecule has 1 saturated heterocycles. The number of carbonyl (C=O) groups excluding carboxylic acids is 2. The van der Waals surface area contributed by atoms with E-state index in [0.29, 0.717) is 4.90 Å². The molecule has 0 bridgehead atoms. The Balaban J connectivity index is 2.75. The van der Waals surface area contributed by atoms with Crippen LogP contribution in [-0.4, -0.2) is 41.5 Å². The number of likely N-dealkylation sites (tertiary alicyclic amines) is 1. The van der Waals surface area contributed by atoms with Crippen molar-refractivity contribution in [1.82, 2.24) is 4.90 Å². The zero-order chi connectivity index (χ0) is 13.2. The lowest BCUT2D eigenvalue weighted by Crippen LogP contribution is -2.43. The summed E-state index contributed by atoms with van der Waals surface area (Å²) in [6, 6.07) is 0.400. The van der Waals surface area contributed by atoms with Gasteiger partial charge in [0.2, 0.25) is 0 Å². The smallest absolute Gasteiger partial charge is 0.405 e. The highest BCUT2D eigenvalue weighted by atomic mass is 19.3. The van der Waals surface area contributed by atoms with Gasteiger partial charge in [0.1, 0.15) is 6.04 Å². The number of primary amides is 1. The molecule has 0 aromatic heterocycles. The number of alkyl halides is 2. The fourth-order valence-corrected chi connectivity index (χ4v) is 1.62. The second-order valence-electron chi connectivity index (χ2n) is 3.75. The fourth-order valence-electron chi connectivity index (χ4n) is 1.62. The van der Waals surface area contributed by atoms with E-state index in [0.717, 1.165) is 0 Å². The summed E-state index contributed by atoms with van der Waals surface area (Å²) in [6.45, 7) is 0.356. The third kappa shape index (κ3) is 3.03. The molecule has 1 aliphatic rings. The first-order valence-electron chi connectivity index (χ1n) is 4.81. The summed E-state index contributed by atoms with van der Waals surface area (Å²) in [5, 5.41) is 8.67. The predicted molar refractivity (Wildman–Crippen MR) is 50.8 cm³/mol. The normalized spacial score (nSPS) is 23.9. The quantitative estimate of drug-likeness (QED) is 0.755. The molecule has 8 heteroatoms. The Bertz CT molecular complexity index is 380. The number of ether oxygens (including phenoxy) is 1. The van der Waals surface area contributed by atoms with E-state index in [1.165, 1.54) is 6.92 Å². The van der Waals surface area contributed by atoms with Crippen LogP contribution in [0.25, 0.3) is 0 Å². The first-order chi connectivity index (χ1) is 7.76. The Morgan fingerprint density at radius 2 is 2.24 bits per heavy atom. The molecule has 2 atom stereocenters. The Morgan fingerprint density at radius 1 is 1.65 bits per heavy atom. The average molecular weight is 247 g/mol. The van der Waals surface area contributed by atoms with Gasteiger partial charge in [0.15, 0.2) is 6.10 Å². The zero-order valence-corrected chi connectivity index (χ0v) is 9.02. The maximum atomic E-state index is 13.0. The van der Waals surface area contributed by atoms with Crippen LogP contribution in [0, 0.1) is 11.3 Å². The molecule has 1 fully saturated rings. The van der Waals surface area contributed by atoms with Crippen LogP contribution in [0.2, 0.25) is 0 Å². The van der Waals surface area contributed by atoms with Crippen molar-refractivity contribution in [2.24, 2.45) is 5.73 Å². The van der Waals surface area contributed by atoms with Gasteiger partial charge in [-0.1, -0.05) is 0 Å². The molecule has 2 N–H and O–H groups in total. The highest BCUT2D eigenvalue weighted by molar-refractivity contribution is 5.83. The van der Waals surface area contributed by atoms with Crippen molar-refractivity contribution in [2.45, 2.75) is 31.4 Å². The van der Waals surface area contributed by atoms with Gasteiger partial charge in [0.05, 0.1) is 12.6 Å². The Hall–Kier alpha value is -1.91. The van der Waals surface area contributed by atoms with E-state index in [4.69, 9.17) is 11.0 Å². The topological polar surface area (TPSA) is 96.4 Å². The number of carbonyl (C=O) groups is 2. The van der Waals surface area contributed by atoms with Crippen molar-refractivity contribution in [1.29, 1.82) is 5.26 Å². The van der Waals surface area contributed by atoms with E-state index in [-0.39, 0.29) is 0 Å². The largest absolute Gasteiger partial charge is 0.437 e. The molecule has 2 amide bonds. The average Bonchev–Trinajstić information content (AvgIpc) is 2.51. The molecule has 94 valence electrons. The van der Waals surface area contributed by atoms with E-state index in [1.807, 2.05) is 0 Å². The number of nitriles is 1. The van der Waals surface area contributed by atoms with Gasteiger partial charge >= 0.3 is 6.09 Å². The summed E-state index contributed by atoms with van der Waals surface area (Å²) >= 11 is 0. The van der Waals surface area contributed by atoms with Gasteiger partial charge in [-0.15, -0.1) is 0 Å². The van der Waals surface area contributed by atoms with Gasteiger partial charge < -0.3 is 15.4 Å². The van der Waals surface area contributed by atoms with Gasteiger partial charge in [-0.2, -0.15) is 5.26 Å². The van der Waals surface area contributed by atoms with Crippen molar-refractivity contribution >= 4 is 12.0 Å². The Kier molecular flexibility index (Phi) is 3.50.